The molecule has 0 aromatic heterocycles. The van der Waals surface area contributed by atoms with Gasteiger partial charge in [0.05, 0.1) is 0 Å². The van der Waals surface area contributed by atoms with Crippen molar-refractivity contribution in [3.05, 3.63) is 28.3 Å². The van der Waals surface area contributed by atoms with Gasteiger partial charge in [0.25, 0.3) is 0 Å². The number of hydrogen-bond donors (Lipinski definition) is 2. The van der Waals surface area contributed by atoms with Crippen LogP contribution in [-0.4, -0.2) is 11.7 Å². The van der Waals surface area contributed by atoms with Crippen LogP contribution in [0.25, 0.3) is 0 Å². The molecule has 0 amide bonds. The van der Waals surface area contributed by atoms with Crippen LogP contribution in [0.1, 0.15) is 47.6 Å². The molecule has 16 heavy (non-hydrogen) atoms. The number of aromatic hydroxyl groups is 1. The molecule has 86 valence electrons. The SMILES string of the molecule is Cc1cc([C@H]2CCCN2)c2c(c1O)CCC2. The van der Waals surface area contributed by atoms with E-state index in [0.717, 1.165) is 24.9 Å². The van der Waals surface area contributed by atoms with E-state index in [1.165, 1.54) is 36.0 Å². The van der Waals surface area contributed by atoms with Crippen molar-refractivity contribution in [1.82, 2.24) is 5.32 Å². The average Bonchev–Trinajstić information content (AvgIpc) is 2.93. The first-order valence-electron chi connectivity index (χ1n) is 6.35. The lowest BCUT2D eigenvalue weighted by atomic mass is 9.93. The second kappa shape index (κ2) is 3.77. The lowest BCUT2D eigenvalue weighted by Gasteiger charge is -2.18. The Kier molecular flexibility index (Phi) is 2.40. The Morgan fingerprint density at radius 1 is 1.25 bits per heavy atom. The van der Waals surface area contributed by atoms with Crippen LogP contribution in [0.2, 0.25) is 0 Å². The third-order valence-electron chi connectivity index (χ3n) is 4.03. The Morgan fingerprint density at radius 3 is 2.81 bits per heavy atom. The molecule has 1 heterocycles. The summed E-state index contributed by atoms with van der Waals surface area (Å²) in [6.45, 7) is 3.16. The minimum Gasteiger partial charge on any atom is -0.507 e. The van der Waals surface area contributed by atoms with E-state index in [2.05, 4.69) is 11.4 Å². The third-order valence-corrected chi connectivity index (χ3v) is 4.03. The Balaban J connectivity index is 2.11. The topological polar surface area (TPSA) is 32.3 Å². The Morgan fingerprint density at radius 2 is 2.06 bits per heavy atom. The average molecular weight is 217 g/mol. The summed E-state index contributed by atoms with van der Waals surface area (Å²) < 4.78 is 0. The lowest BCUT2D eigenvalue weighted by Crippen LogP contribution is -2.15. The van der Waals surface area contributed by atoms with Gasteiger partial charge in [-0.3, -0.25) is 0 Å². The van der Waals surface area contributed by atoms with Crippen LogP contribution >= 0.6 is 0 Å². The summed E-state index contributed by atoms with van der Waals surface area (Å²) in [5.74, 6) is 0.550. The van der Waals surface area contributed by atoms with Crippen molar-refractivity contribution in [3.8, 4) is 5.75 Å². The van der Waals surface area contributed by atoms with E-state index < -0.39 is 0 Å². The van der Waals surface area contributed by atoms with Crippen molar-refractivity contribution in [2.45, 2.75) is 45.1 Å². The smallest absolute Gasteiger partial charge is 0.121 e. The van der Waals surface area contributed by atoms with E-state index in [1.54, 1.807) is 0 Å². The highest BCUT2D eigenvalue weighted by Crippen LogP contribution is 2.39. The molecule has 2 nitrogen and oxygen atoms in total. The molecule has 1 aliphatic carbocycles. The summed E-state index contributed by atoms with van der Waals surface area (Å²) in [6, 6.07) is 2.73. The highest BCUT2D eigenvalue weighted by Gasteiger charge is 2.25. The molecule has 1 aromatic carbocycles. The first-order chi connectivity index (χ1) is 7.77. The third kappa shape index (κ3) is 1.44. The molecule has 2 aliphatic rings. The van der Waals surface area contributed by atoms with Crippen molar-refractivity contribution in [3.63, 3.8) is 0 Å². The maximum absolute atomic E-state index is 10.1. The highest BCUT2D eigenvalue weighted by molar-refractivity contribution is 5.52. The predicted molar refractivity (Wildman–Crippen MR) is 64.8 cm³/mol. The van der Waals surface area contributed by atoms with Gasteiger partial charge in [-0.05, 0) is 67.8 Å². The quantitative estimate of drug-likeness (QED) is 0.758. The van der Waals surface area contributed by atoms with Gasteiger partial charge in [0.1, 0.15) is 5.75 Å². The lowest BCUT2D eigenvalue weighted by molar-refractivity contribution is 0.464. The first-order valence-corrected chi connectivity index (χ1v) is 6.35. The minimum absolute atomic E-state index is 0.533. The van der Waals surface area contributed by atoms with Crippen molar-refractivity contribution in [2.75, 3.05) is 6.54 Å². The van der Waals surface area contributed by atoms with E-state index in [9.17, 15) is 5.11 Å². The largest absolute Gasteiger partial charge is 0.507 e. The van der Waals surface area contributed by atoms with Crippen molar-refractivity contribution >= 4 is 0 Å². The second-order valence-corrected chi connectivity index (χ2v) is 5.09. The molecule has 0 spiro atoms. The number of benzene rings is 1. The van der Waals surface area contributed by atoms with Gasteiger partial charge < -0.3 is 10.4 Å². The van der Waals surface area contributed by atoms with Gasteiger partial charge >= 0.3 is 0 Å². The molecular weight excluding hydrogens is 198 g/mol. The van der Waals surface area contributed by atoms with Gasteiger partial charge in [-0.2, -0.15) is 0 Å². The van der Waals surface area contributed by atoms with E-state index in [4.69, 9.17) is 0 Å². The number of phenols is 1. The van der Waals surface area contributed by atoms with Crippen LogP contribution in [0, 0.1) is 6.92 Å². The van der Waals surface area contributed by atoms with Crippen LogP contribution in [0.5, 0.6) is 5.75 Å². The summed E-state index contributed by atoms with van der Waals surface area (Å²) in [5.41, 5.74) is 5.16. The molecule has 3 rings (SSSR count). The zero-order valence-corrected chi connectivity index (χ0v) is 9.84. The second-order valence-electron chi connectivity index (χ2n) is 5.09. The van der Waals surface area contributed by atoms with Crippen molar-refractivity contribution in [2.24, 2.45) is 0 Å². The summed E-state index contributed by atoms with van der Waals surface area (Å²) in [7, 11) is 0. The van der Waals surface area contributed by atoms with Crippen LogP contribution in [0.4, 0.5) is 0 Å². The summed E-state index contributed by atoms with van der Waals surface area (Å²) in [5, 5.41) is 13.6. The molecule has 1 fully saturated rings. The normalized spacial score (nSPS) is 23.7. The van der Waals surface area contributed by atoms with Crippen LogP contribution in [0.3, 0.4) is 0 Å². The highest BCUT2D eigenvalue weighted by atomic mass is 16.3. The molecule has 0 saturated carbocycles. The Labute approximate surface area is 96.7 Å². The molecule has 0 radical (unpaired) electrons. The van der Waals surface area contributed by atoms with Gasteiger partial charge in [-0.1, -0.05) is 6.07 Å². The molecular formula is C14H19NO. The number of fused-ring (bicyclic) bond motifs is 1. The van der Waals surface area contributed by atoms with Crippen molar-refractivity contribution in [1.29, 1.82) is 0 Å². The molecule has 2 N–H and O–H groups in total. The predicted octanol–water partition coefficient (Wildman–Crippen LogP) is 2.61. The van der Waals surface area contributed by atoms with E-state index >= 15 is 0 Å². The van der Waals surface area contributed by atoms with Crippen LogP contribution in [0.15, 0.2) is 6.07 Å². The fourth-order valence-electron chi connectivity index (χ4n) is 3.21. The fraction of sp³-hybridized carbons (Fsp3) is 0.571. The van der Waals surface area contributed by atoms with E-state index in [0.29, 0.717) is 11.8 Å². The molecule has 1 saturated heterocycles. The summed E-state index contributed by atoms with van der Waals surface area (Å²) in [4.78, 5) is 0. The van der Waals surface area contributed by atoms with Gasteiger partial charge in [-0.25, -0.2) is 0 Å². The van der Waals surface area contributed by atoms with Gasteiger partial charge in [0, 0.05) is 6.04 Å². The number of nitrogens with one attached hydrogen (secondary N) is 1. The van der Waals surface area contributed by atoms with E-state index in [-0.39, 0.29) is 0 Å². The van der Waals surface area contributed by atoms with Crippen molar-refractivity contribution < 1.29 is 5.11 Å². The zero-order chi connectivity index (χ0) is 11.1. The Bertz CT molecular complexity index is 419. The number of aryl methyl sites for hydroxylation is 1. The minimum atomic E-state index is 0.533. The summed E-state index contributed by atoms with van der Waals surface area (Å²) >= 11 is 0. The maximum Gasteiger partial charge on any atom is 0.121 e. The van der Waals surface area contributed by atoms with Crippen LogP contribution in [-0.2, 0) is 12.8 Å². The van der Waals surface area contributed by atoms with Crippen LogP contribution < -0.4 is 5.32 Å². The molecule has 1 aliphatic heterocycles. The molecule has 0 unspecified atom stereocenters. The standard InChI is InChI=1S/C14H19NO/c1-9-8-12(13-6-3-7-15-13)10-4-2-5-11(10)14(9)16/h8,13,15-16H,2-7H2,1H3/t13-/m1/s1. The zero-order valence-electron chi connectivity index (χ0n) is 9.84. The summed E-state index contributed by atoms with van der Waals surface area (Å²) in [6.07, 6.45) is 5.93. The number of hydrogen-bond acceptors (Lipinski definition) is 2. The molecule has 1 aromatic rings. The first kappa shape index (κ1) is 10.2. The maximum atomic E-state index is 10.1. The number of phenolic OH excluding ortho intramolecular Hbond substituents is 1. The molecule has 0 bridgehead atoms. The Hall–Kier alpha value is -1.02. The molecule has 2 heteroatoms. The fourth-order valence-corrected chi connectivity index (χ4v) is 3.21. The van der Waals surface area contributed by atoms with Gasteiger partial charge in [0.2, 0.25) is 0 Å². The van der Waals surface area contributed by atoms with E-state index in [1.807, 2.05) is 6.92 Å². The van der Waals surface area contributed by atoms with Gasteiger partial charge in [0.15, 0.2) is 0 Å². The monoisotopic (exact) mass is 217 g/mol. The van der Waals surface area contributed by atoms with Gasteiger partial charge in [-0.15, -0.1) is 0 Å². The molecule has 1 atom stereocenters. The number of rotatable bonds is 1.